The van der Waals surface area contributed by atoms with Crippen LogP contribution in [0.4, 0.5) is 8.78 Å². The van der Waals surface area contributed by atoms with E-state index < -0.39 is 23.7 Å². The van der Waals surface area contributed by atoms with Crippen molar-refractivity contribution in [3.8, 4) is 5.75 Å². The molecule has 27 heavy (non-hydrogen) atoms. The first-order valence-corrected chi connectivity index (χ1v) is 8.95. The molecule has 0 radical (unpaired) electrons. The molecule has 3 N–H and O–H groups in total. The van der Waals surface area contributed by atoms with E-state index in [4.69, 9.17) is 5.73 Å². The highest BCUT2D eigenvalue weighted by atomic mass is 19.1. The molecule has 1 saturated carbocycles. The summed E-state index contributed by atoms with van der Waals surface area (Å²) in [5.74, 6) is -1.05. The van der Waals surface area contributed by atoms with E-state index in [1.807, 2.05) is 0 Å². The Labute approximate surface area is 155 Å². The van der Waals surface area contributed by atoms with Crippen LogP contribution in [-0.2, 0) is 4.79 Å². The van der Waals surface area contributed by atoms with E-state index in [0.29, 0.717) is 11.1 Å². The van der Waals surface area contributed by atoms with E-state index in [-0.39, 0.29) is 29.7 Å². The van der Waals surface area contributed by atoms with Crippen LogP contribution in [0.15, 0.2) is 48.5 Å². The van der Waals surface area contributed by atoms with Gasteiger partial charge in [-0.25, -0.2) is 8.78 Å². The molecule has 1 fully saturated rings. The van der Waals surface area contributed by atoms with E-state index in [1.165, 1.54) is 6.07 Å². The third-order valence-corrected chi connectivity index (χ3v) is 5.22. The van der Waals surface area contributed by atoms with Crippen LogP contribution in [0.1, 0.15) is 30.0 Å². The highest BCUT2D eigenvalue weighted by molar-refractivity contribution is 5.87. The molecule has 2 atom stereocenters. The summed E-state index contributed by atoms with van der Waals surface area (Å²) >= 11 is 0. The average molecular weight is 370 g/mol. The number of carbonyl (C=O) groups is 1. The van der Waals surface area contributed by atoms with E-state index in [0.717, 1.165) is 31.0 Å². The highest BCUT2D eigenvalue weighted by Gasteiger charge is 2.40. The summed E-state index contributed by atoms with van der Waals surface area (Å²) in [5, 5.41) is 9.81. The topological polar surface area (TPSA) is 66.6 Å². The Bertz CT molecular complexity index is 924. The Hall–Kier alpha value is -2.73. The van der Waals surface area contributed by atoms with Gasteiger partial charge in [-0.15, -0.1) is 0 Å². The number of nitrogens with zero attached hydrogens (tertiary/aromatic N) is 1. The Kier molecular flexibility index (Phi) is 4.44. The van der Waals surface area contributed by atoms with Gasteiger partial charge in [0.2, 0.25) is 5.91 Å². The smallest absolute Gasteiger partial charge is 0.240 e. The summed E-state index contributed by atoms with van der Waals surface area (Å²) in [4.78, 5) is 14.5. The predicted octanol–water partition coefficient (Wildman–Crippen LogP) is 3.37. The summed E-state index contributed by atoms with van der Waals surface area (Å²) < 4.78 is 27.9. The van der Waals surface area contributed by atoms with Gasteiger partial charge in [0.25, 0.3) is 0 Å². The van der Waals surface area contributed by atoms with Gasteiger partial charge in [-0.1, -0.05) is 18.2 Å². The largest absolute Gasteiger partial charge is 0.508 e. The molecule has 2 aromatic rings. The van der Waals surface area contributed by atoms with E-state index in [1.54, 1.807) is 29.2 Å². The molecule has 4 nitrogen and oxygen atoms in total. The Morgan fingerprint density at radius 3 is 2.67 bits per heavy atom. The first kappa shape index (κ1) is 17.7. The zero-order valence-electron chi connectivity index (χ0n) is 14.6. The van der Waals surface area contributed by atoms with Crippen molar-refractivity contribution >= 4 is 11.5 Å². The summed E-state index contributed by atoms with van der Waals surface area (Å²) in [6, 6.07) is 8.75. The average Bonchev–Trinajstić information content (AvgIpc) is 3.41. The third-order valence-electron chi connectivity index (χ3n) is 5.22. The lowest BCUT2D eigenvalue weighted by atomic mass is 10.0. The van der Waals surface area contributed by atoms with Crippen LogP contribution >= 0.6 is 0 Å². The normalized spacial score (nSPS) is 20.5. The van der Waals surface area contributed by atoms with Crippen molar-refractivity contribution < 1.29 is 18.7 Å². The van der Waals surface area contributed by atoms with Gasteiger partial charge in [-0.2, -0.15) is 0 Å². The molecule has 1 aliphatic heterocycles. The zero-order valence-corrected chi connectivity index (χ0v) is 14.6. The summed E-state index contributed by atoms with van der Waals surface area (Å²) in [6.07, 6.45) is 3.59. The number of phenols is 1. The number of rotatable bonds is 4. The minimum atomic E-state index is -0.602. The van der Waals surface area contributed by atoms with Gasteiger partial charge >= 0.3 is 0 Å². The molecular formula is C21H20F2N2O2. The Morgan fingerprint density at radius 1 is 1.19 bits per heavy atom. The number of carbonyl (C=O) groups excluding carboxylic acids is 1. The Morgan fingerprint density at radius 2 is 1.96 bits per heavy atom. The minimum absolute atomic E-state index is 0.0742. The number of nitrogens with two attached hydrogens (primary N) is 1. The van der Waals surface area contributed by atoms with Crippen LogP contribution in [0.25, 0.3) is 5.57 Å². The fourth-order valence-corrected chi connectivity index (χ4v) is 3.58. The summed E-state index contributed by atoms with van der Waals surface area (Å²) in [7, 11) is 0. The molecule has 2 aliphatic rings. The molecule has 2 unspecified atom stereocenters. The summed E-state index contributed by atoms with van der Waals surface area (Å²) in [6.45, 7) is 0.139. The van der Waals surface area contributed by atoms with Crippen molar-refractivity contribution in [3.63, 3.8) is 0 Å². The van der Waals surface area contributed by atoms with Gasteiger partial charge in [0, 0.05) is 12.1 Å². The zero-order chi connectivity index (χ0) is 19.1. The molecule has 0 spiro atoms. The van der Waals surface area contributed by atoms with Crippen LogP contribution in [-0.4, -0.2) is 28.5 Å². The lowest BCUT2D eigenvalue weighted by molar-refractivity contribution is -0.133. The maximum Gasteiger partial charge on any atom is 0.240 e. The molecule has 0 saturated heterocycles. The van der Waals surface area contributed by atoms with Crippen molar-refractivity contribution in [1.29, 1.82) is 0 Å². The lowest BCUT2D eigenvalue weighted by Crippen LogP contribution is -2.45. The van der Waals surface area contributed by atoms with Crippen molar-refractivity contribution in [2.45, 2.75) is 24.9 Å². The van der Waals surface area contributed by atoms with Gasteiger partial charge in [0.1, 0.15) is 17.4 Å². The molecule has 1 amide bonds. The maximum atomic E-state index is 14.3. The quantitative estimate of drug-likeness (QED) is 0.867. The highest BCUT2D eigenvalue weighted by Crippen LogP contribution is 2.39. The molecule has 0 aromatic heterocycles. The molecule has 1 aliphatic carbocycles. The van der Waals surface area contributed by atoms with E-state index in [9.17, 15) is 18.7 Å². The van der Waals surface area contributed by atoms with Crippen LogP contribution in [0.3, 0.4) is 0 Å². The number of halogens is 2. The first-order valence-electron chi connectivity index (χ1n) is 8.95. The second-order valence-electron chi connectivity index (χ2n) is 7.19. The van der Waals surface area contributed by atoms with E-state index >= 15 is 0 Å². The predicted molar refractivity (Wildman–Crippen MR) is 97.6 cm³/mol. The fourth-order valence-electron chi connectivity index (χ4n) is 3.58. The van der Waals surface area contributed by atoms with Gasteiger partial charge in [-0.3, -0.25) is 4.79 Å². The molecule has 0 bridgehead atoms. The van der Waals surface area contributed by atoms with E-state index in [2.05, 4.69) is 0 Å². The molecule has 4 rings (SSSR count). The number of benzene rings is 2. The van der Waals surface area contributed by atoms with Gasteiger partial charge < -0.3 is 15.7 Å². The molecule has 2 aromatic carbocycles. The second-order valence-corrected chi connectivity index (χ2v) is 7.19. The fraction of sp³-hybridized carbons (Fsp3) is 0.286. The standard InChI is InChI=1S/C21H20F2N2O2/c22-15-6-7-18(23)17(10-15)14-9-19(13-2-1-3-16(26)8-13)25(11-14)21(27)20(24)12-4-5-12/h1-3,6-10,12,19-20,26H,4-5,11,24H2. The van der Waals surface area contributed by atoms with Crippen LogP contribution in [0, 0.1) is 17.6 Å². The summed E-state index contributed by atoms with van der Waals surface area (Å²) in [5.41, 5.74) is 7.46. The molecular weight excluding hydrogens is 350 g/mol. The van der Waals surface area contributed by atoms with Crippen LogP contribution < -0.4 is 5.73 Å². The second kappa shape index (κ2) is 6.78. The number of aromatic hydroxyl groups is 1. The first-order chi connectivity index (χ1) is 12.9. The monoisotopic (exact) mass is 370 g/mol. The van der Waals surface area contributed by atoms with Crippen molar-refractivity contribution in [1.82, 2.24) is 4.90 Å². The SMILES string of the molecule is NC(C(=O)N1CC(c2cc(F)ccc2F)=CC1c1cccc(O)c1)C1CC1. The van der Waals surface area contributed by atoms with Crippen molar-refractivity contribution in [2.75, 3.05) is 6.54 Å². The van der Waals surface area contributed by atoms with Crippen molar-refractivity contribution in [2.24, 2.45) is 11.7 Å². The van der Waals surface area contributed by atoms with Gasteiger partial charge in [-0.05, 0) is 60.2 Å². The Balaban J connectivity index is 1.73. The van der Waals surface area contributed by atoms with Crippen LogP contribution in [0.5, 0.6) is 5.75 Å². The third kappa shape index (κ3) is 3.45. The number of amides is 1. The number of phenolic OH excluding ortho intramolecular Hbond substituents is 1. The minimum Gasteiger partial charge on any atom is -0.508 e. The van der Waals surface area contributed by atoms with Gasteiger partial charge in [0.15, 0.2) is 0 Å². The van der Waals surface area contributed by atoms with Crippen LogP contribution in [0.2, 0.25) is 0 Å². The maximum absolute atomic E-state index is 14.3. The molecule has 1 heterocycles. The number of hydrogen-bond acceptors (Lipinski definition) is 3. The molecule has 6 heteroatoms. The van der Waals surface area contributed by atoms with Crippen molar-refractivity contribution in [3.05, 3.63) is 71.3 Å². The van der Waals surface area contributed by atoms with Gasteiger partial charge in [0.05, 0.1) is 12.1 Å². The lowest BCUT2D eigenvalue weighted by Gasteiger charge is -2.28. The molecule has 140 valence electrons. The number of hydrogen-bond donors (Lipinski definition) is 2.